The van der Waals surface area contributed by atoms with E-state index in [0.717, 1.165) is 30.1 Å². The Hall–Kier alpha value is -1.75. The number of ether oxygens (including phenoxy) is 1. The highest BCUT2D eigenvalue weighted by molar-refractivity contribution is 7.13. The van der Waals surface area contributed by atoms with Gasteiger partial charge in [-0.1, -0.05) is 32.6 Å². The normalized spacial score (nSPS) is 16.8. The van der Waals surface area contributed by atoms with E-state index in [1.54, 1.807) is 0 Å². The van der Waals surface area contributed by atoms with E-state index in [0.29, 0.717) is 5.13 Å². The van der Waals surface area contributed by atoms with Crippen LogP contribution in [0.1, 0.15) is 46.0 Å². The Kier molecular flexibility index (Phi) is 5.61. The van der Waals surface area contributed by atoms with Gasteiger partial charge in [-0.2, -0.15) is 0 Å². The molecule has 1 aromatic carbocycles. The van der Waals surface area contributed by atoms with Crippen LogP contribution in [0.15, 0.2) is 23.6 Å². The summed E-state index contributed by atoms with van der Waals surface area (Å²) in [6, 6.07) is 6.34. The van der Waals surface area contributed by atoms with Crippen molar-refractivity contribution in [3.05, 3.63) is 23.6 Å². The summed E-state index contributed by atoms with van der Waals surface area (Å²) in [7, 11) is 0. The van der Waals surface area contributed by atoms with Crippen LogP contribution in [-0.2, 0) is 0 Å². The largest absolute Gasteiger partial charge is 0.487 e. The third kappa shape index (κ3) is 4.01. The maximum absolute atomic E-state index is 6.02. The van der Waals surface area contributed by atoms with Gasteiger partial charge in [0, 0.05) is 17.5 Å². The Morgan fingerprint density at radius 2 is 2.12 bits per heavy atom. The standard InChI is InChI=1S/C19H27N3OS/c1-3-4-5-6-7-10-22-12-14(2)23-18-9-8-15(11-17(18)22)16-13-24-19(20)21-16/h8-9,11,13-14H,3-7,10,12H2,1-2H3,(H2,20,21). The summed E-state index contributed by atoms with van der Waals surface area (Å²) in [5, 5.41) is 2.62. The maximum atomic E-state index is 6.02. The lowest BCUT2D eigenvalue weighted by Crippen LogP contribution is -2.39. The van der Waals surface area contributed by atoms with Gasteiger partial charge >= 0.3 is 0 Å². The molecule has 0 fully saturated rings. The molecule has 130 valence electrons. The van der Waals surface area contributed by atoms with E-state index >= 15 is 0 Å². The Morgan fingerprint density at radius 1 is 1.29 bits per heavy atom. The van der Waals surface area contributed by atoms with E-state index in [9.17, 15) is 0 Å². The molecule has 1 atom stereocenters. The minimum atomic E-state index is 0.230. The number of nitrogens with zero attached hydrogens (tertiary/aromatic N) is 2. The van der Waals surface area contributed by atoms with Crippen molar-refractivity contribution in [3.63, 3.8) is 0 Å². The van der Waals surface area contributed by atoms with Crippen molar-refractivity contribution in [2.75, 3.05) is 23.7 Å². The van der Waals surface area contributed by atoms with Gasteiger partial charge in [-0.3, -0.25) is 0 Å². The lowest BCUT2D eigenvalue weighted by Gasteiger charge is -2.35. The number of fused-ring (bicyclic) bond motifs is 1. The van der Waals surface area contributed by atoms with E-state index in [-0.39, 0.29) is 6.10 Å². The second-order valence-corrected chi connectivity index (χ2v) is 7.43. The molecule has 0 bridgehead atoms. The first-order valence-electron chi connectivity index (χ1n) is 8.94. The Labute approximate surface area is 148 Å². The molecule has 0 amide bonds. The molecule has 2 N–H and O–H groups in total. The highest BCUT2D eigenvalue weighted by Gasteiger charge is 2.23. The number of thiazole rings is 1. The predicted octanol–water partition coefficient (Wildman–Crippen LogP) is 4.95. The molecule has 0 saturated heterocycles. The zero-order valence-electron chi connectivity index (χ0n) is 14.6. The number of benzene rings is 1. The molecule has 1 aliphatic rings. The molecule has 1 aliphatic heterocycles. The third-order valence-electron chi connectivity index (χ3n) is 4.45. The van der Waals surface area contributed by atoms with Crippen LogP contribution in [-0.4, -0.2) is 24.2 Å². The number of hydrogen-bond acceptors (Lipinski definition) is 5. The van der Waals surface area contributed by atoms with Crippen LogP contribution in [0.3, 0.4) is 0 Å². The van der Waals surface area contributed by atoms with Gasteiger partial charge in [0.15, 0.2) is 5.13 Å². The molecule has 1 unspecified atom stereocenters. The Balaban J connectivity index is 1.75. The van der Waals surface area contributed by atoms with Gasteiger partial charge in [-0.25, -0.2) is 4.98 Å². The molecule has 5 heteroatoms. The first-order valence-corrected chi connectivity index (χ1v) is 9.82. The smallest absolute Gasteiger partial charge is 0.180 e. The van der Waals surface area contributed by atoms with Gasteiger partial charge in [0.25, 0.3) is 0 Å². The second-order valence-electron chi connectivity index (χ2n) is 6.54. The number of aromatic nitrogens is 1. The molecule has 3 rings (SSSR count). The zero-order valence-corrected chi connectivity index (χ0v) is 15.4. The molecule has 0 saturated carbocycles. The first-order chi connectivity index (χ1) is 11.7. The highest BCUT2D eigenvalue weighted by Crippen LogP contribution is 2.37. The van der Waals surface area contributed by atoms with Crippen LogP contribution in [0.5, 0.6) is 5.75 Å². The fourth-order valence-corrected chi connectivity index (χ4v) is 3.80. The van der Waals surface area contributed by atoms with Crippen molar-refractivity contribution >= 4 is 22.2 Å². The van der Waals surface area contributed by atoms with E-state index in [1.165, 1.54) is 49.1 Å². The average molecular weight is 346 g/mol. The van der Waals surface area contributed by atoms with Gasteiger partial charge in [0.2, 0.25) is 0 Å². The lowest BCUT2D eigenvalue weighted by molar-refractivity contribution is 0.212. The Bertz CT molecular complexity index is 670. The number of anilines is 2. The van der Waals surface area contributed by atoms with E-state index in [4.69, 9.17) is 10.5 Å². The number of nitrogens with two attached hydrogens (primary N) is 1. The van der Waals surface area contributed by atoms with E-state index < -0.39 is 0 Å². The van der Waals surface area contributed by atoms with Crippen molar-refractivity contribution in [1.82, 2.24) is 4.98 Å². The molecule has 0 spiro atoms. The van der Waals surface area contributed by atoms with Crippen molar-refractivity contribution in [2.45, 2.75) is 52.1 Å². The maximum Gasteiger partial charge on any atom is 0.180 e. The zero-order chi connectivity index (χ0) is 16.9. The third-order valence-corrected chi connectivity index (χ3v) is 5.13. The van der Waals surface area contributed by atoms with Crippen molar-refractivity contribution in [3.8, 4) is 17.0 Å². The summed E-state index contributed by atoms with van der Waals surface area (Å²) in [6.45, 7) is 6.44. The number of unbranched alkanes of at least 4 members (excludes halogenated alkanes) is 4. The molecular weight excluding hydrogens is 318 g/mol. The molecule has 2 heterocycles. The average Bonchev–Trinajstić information content (AvgIpc) is 3.00. The van der Waals surface area contributed by atoms with Crippen molar-refractivity contribution < 1.29 is 4.74 Å². The van der Waals surface area contributed by atoms with Gasteiger partial charge < -0.3 is 15.4 Å². The van der Waals surface area contributed by atoms with Crippen molar-refractivity contribution in [1.29, 1.82) is 0 Å². The number of hydrogen-bond donors (Lipinski definition) is 1. The molecule has 0 aliphatic carbocycles. The monoisotopic (exact) mass is 345 g/mol. The van der Waals surface area contributed by atoms with Crippen molar-refractivity contribution in [2.24, 2.45) is 0 Å². The number of rotatable bonds is 7. The highest BCUT2D eigenvalue weighted by atomic mass is 32.1. The summed E-state index contributed by atoms with van der Waals surface area (Å²) in [5.41, 5.74) is 9.02. The fourth-order valence-electron chi connectivity index (χ4n) is 3.22. The first kappa shape index (κ1) is 17.1. The van der Waals surface area contributed by atoms with E-state index in [2.05, 4.69) is 41.9 Å². The molecule has 1 aromatic heterocycles. The predicted molar refractivity (Wildman–Crippen MR) is 103 cm³/mol. The summed E-state index contributed by atoms with van der Waals surface area (Å²) < 4.78 is 6.02. The van der Waals surface area contributed by atoms with Crippen LogP contribution in [0.2, 0.25) is 0 Å². The summed E-state index contributed by atoms with van der Waals surface area (Å²) >= 11 is 1.48. The van der Waals surface area contributed by atoms with Gasteiger partial charge in [-0.15, -0.1) is 11.3 Å². The van der Waals surface area contributed by atoms with Crippen LogP contribution >= 0.6 is 11.3 Å². The molecular formula is C19H27N3OS. The topological polar surface area (TPSA) is 51.4 Å². The quantitative estimate of drug-likeness (QED) is 0.721. The SMILES string of the molecule is CCCCCCCN1CC(C)Oc2ccc(-c3csc(N)n3)cc21. The summed E-state index contributed by atoms with van der Waals surface area (Å²) in [5.74, 6) is 0.981. The minimum absolute atomic E-state index is 0.230. The molecule has 2 aromatic rings. The van der Waals surface area contributed by atoms with Gasteiger partial charge in [0.05, 0.1) is 17.9 Å². The van der Waals surface area contributed by atoms with Crippen LogP contribution < -0.4 is 15.4 Å². The van der Waals surface area contributed by atoms with E-state index in [1.807, 2.05) is 5.38 Å². The van der Waals surface area contributed by atoms with Crippen LogP contribution in [0, 0.1) is 0 Å². The fraction of sp³-hybridized carbons (Fsp3) is 0.526. The second kappa shape index (κ2) is 7.88. The molecule has 24 heavy (non-hydrogen) atoms. The molecule has 4 nitrogen and oxygen atoms in total. The van der Waals surface area contributed by atoms with Gasteiger partial charge in [0.1, 0.15) is 11.9 Å². The van der Waals surface area contributed by atoms with Crippen LogP contribution in [0.4, 0.5) is 10.8 Å². The summed E-state index contributed by atoms with van der Waals surface area (Å²) in [6.07, 6.45) is 6.73. The molecule has 0 radical (unpaired) electrons. The minimum Gasteiger partial charge on any atom is -0.487 e. The summed E-state index contributed by atoms with van der Waals surface area (Å²) in [4.78, 5) is 6.87. The lowest BCUT2D eigenvalue weighted by atomic mass is 10.1. The Morgan fingerprint density at radius 3 is 2.88 bits per heavy atom. The van der Waals surface area contributed by atoms with Crippen LogP contribution in [0.25, 0.3) is 11.3 Å². The van der Waals surface area contributed by atoms with Gasteiger partial charge in [-0.05, 0) is 31.5 Å². The number of nitrogen functional groups attached to an aromatic ring is 1.